The minimum Gasteiger partial charge on any atom is -0.325 e. The van der Waals surface area contributed by atoms with Gasteiger partial charge in [0, 0.05) is 30.9 Å². The van der Waals surface area contributed by atoms with E-state index in [-0.39, 0.29) is 11.8 Å². The van der Waals surface area contributed by atoms with E-state index in [1.807, 2.05) is 24.3 Å². The van der Waals surface area contributed by atoms with Gasteiger partial charge in [-0.2, -0.15) is 0 Å². The van der Waals surface area contributed by atoms with E-state index >= 15 is 0 Å². The van der Waals surface area contributed by atoms with E-state index in [2.05, 4.69) is 34.5 Å². The molecule has 2 aliphatic heterocycles. The topological polar surface area (TPSA) is 52.7 Å². The van der Waals surface area contributed by atoms with E-state index in [0.717, 1.165) is 42.7 Å². The van der Waals surface area contributed by atoms with Crippen molar-refractivity contribution < 1.29 is 9.59 Å². The number of carbonyl (C=O) groups is 2. The summed E-state index contributed by atoms with van der Waals surface area (Å²) in [5, 5.41) is 3.03. The standard InChI is InChI=1S/C22H25N3O2/c1-16(26)25-13-11-18-14-19(9-10-21(18)25)23-22(27)15-24-12-5-8-20(24)17-6-3-2-4-7-17/h2-4,6-7,9-10,14,20H,5,8,11-13,15H2,1H3,(H,23,27)/t20-/m1/s1. The quantitative estimate of drug-likeness (QED) is 0.906. The smallest absolute Gasteiger partial charge is 0.238 e. The van der Waals surface area contributed by atoms with Crippen molar-refractivity contribution in [2.45, 2.75) is 32.2 Å². The average Bonchev–Trinajstić information content (AvgIpc) is 3.28. The molecule has 1 N–H and O–H groups in total. The van der Waals surface area contributed by atoms with Gasteiger partial charge in [-0.3, -0.25) is 14.5 Å². The van der Waals surface area contributed by atoms with Crippen molar-refractivity contribution in [2.24, 2.45) is 0 Å². The van der Waals surface area contributed by atoms with Crippen molar-refractivity contribution in [3.05, 3.63) is 59.7 Å². The van der Waals surface area contributed by atoms with E-state index in [1.54, 1.807) is 11.8 Å². The Morgan fingerprint density at radius 2 is 1.93 bits per heavy atom. The second-order valence-electron chi connectivity index (χ2n) is 7.35. The van der Waals surface area contributed by atoms with Gasteiger partial charge in [0.1, 0.15) is 0 Å². The van der Waals surface area contributed by atoms with Crippen LogP contribution in [0.4, 0.5) is 11.4 Å². The molecular formula is C22H25N3O2. The van der Waals surface area contributed by atoms with Crippen LogP contribution in [0, 0.1) is 0 Å². The molecule has 0 spiro atoms. The molecule has 140 valence electrons. The summed E-state index contributed by atoms with van der Waals surface area (Å²) in [6.45, 7) is 3.65. The maximum atomic E-state index is 12.6. The summed E-state index contributed by atoms with van der Waals surface area (Å²) < 4.78 is 0. The van der Waals surface area contributed by atoms with Crippen LogP contribution in [0.2, 0.25) is 0 Å². The lowest BCUT2D eigenvalue weighted by molar-refractivity contribution is -0.118. The van der Waals surface area contributed by atoms with Gasteiger partial charge in [-0.05, 0) is 55.1 Å². The third-order valence-electron chi connectivity index (χ3n) is 5.53. The second kappa shape index (κ2) is 7.53. The maximum Gasteiger partial charge on any atom is 0.238 e. The fourth-order valence-electron chi connectivity index (χ4n) is 4.26. The predicted molar refractivity (Wildman–Crippen MR) is 107 cm³/mol. The van der Waals surface area contributed by atoms with Crippen molar-refractivity contribution in [3.8, 4) is 0 Å². The molecule has 2 aromatic carbocycles. The van der Waals surface area contributed by atoms with Gasteiger partial charge in [0.15, 0.2) is 0 Å². The van der Waals surface area contributed by atoms with Crippen LogP contribution in [0.5, 0.6) is 0 Å². The Balaban J connectivity index is 1.41. The highest BCUT2D eigenvalue weighted by Gasteiger charge is 2.27. The summed E-state index contributed by atoms with van der Waals surface area (Å²) in [7, 11) is 0. The summed E-state index contributed by atoms with van der Waals surface area (Å²) in [6.07, 6.45) is 3.05. The Bertz CT molecular complexity index is 850. The molecule has 5 heteroatoms. The van der Waals surface area contributed by atoms with E-state index in [4.69, 9.17) is 0 Å². The molecule has 5 nitrogen and oxygen atoms in total. The van der Waals surface area contributed by atoms with Crippen LogP contribution in [0.15, 0.2) is 48.5 Å². The van der Waals surface area contributed by atoms with Crippen molar-refractivity contribution in [3.63, 3.8) is 0 Å². The lowest BCUT2D eigenvalue weighted by atomic mass is 10.0. The number of likely N-dealkylation sites (tertiary alicyclic amines) is 1. The lowest BCUT2D eigenvalue weighted by Crippen LogP contribution is -2.32. The zero-order chi connectivity index (χ0) is 18.8. The van der Waals surface area contributed by atoms with Gasteiger partial charge >= 0.3 is 0 Å². The molecule has 0 aromatic heterocycles. The largest absolute Gasteiger partial charge is 0.325 e. The first-order valence-corrected chi connectivity index (χ1v) is 9.62. The fraction of sp³-hybridized carbons (Fsp3) is 0.364. The zero-order valence-corrected chi connectivity index (χ0v) is 15.6. The Morgan fingerprint density at radius 1 is 1.11 bits per heavy atom. The van der Waals surface area contributed by atoms with Crippen LogP contribution in [0.1, 0.15) is 36.9 Å². The first-order chi connectivity index (χ1) is 13.1. The molecule has 0 unspecified atom stereocenters. The lowest BCUT2D eigenvalue weighted by Gasteiger charge is -2.24. The minimum absolute atomic E-state index is 0.0132. The highest BCUT2D eigenvalue weighted by atomic mass is 16.2. The van der Waals surface area contributed by atoms with Crippen LogP contribution >= 0.6 is 0 Å². The monoisotopic (exact) mass is 363 g/mol. The van der Waals surface area contributed by atoms with Gasteiger partial charge in [0.25, 0.3) is 0 Å². The molecule has 0 radical (unpaired) electrons. The van der Waals surface area contributed by atoms with Gasteiger partial charge in [-0.15, -0.1) is 0 Å². The van der Waals surface area contributed by atoms with E-state index in [9.17, 15) is 9.59 Å². The highest BCUT2D eigenvalue weighted by molar-refractivity contribution is 5.96. The average molecular weight is 363 g/mol. The molecular weight excluding hydrogens is 338 g/mol. The van der Waals surface area contributed by atoms with E-state index in [0.29, 0.717) is 19.1 Å². The number of amides is 2. The molecule has 0 aliphatic carbocycles. The van der Waals surface area contributed by atoms with Crippen molar-refractivity contribution >= 4 is 23.2 Å². The van der Waals surface area contributed by atoms with E-state index < -0.39 is 0 Å². The Labute approximate surface area is 160 Å². The number of anilines is 2. The van der Waals surface area contributed by atoms with Crippen LogP contribution in [-0.2, 0) is 16.0 Å². The Morgan fingerprint density at radius 3 is 2.70 bits per heavy atom. The Kier molecular flexibility index (Phi) is 4.94. The van der Waals surface area contributed by atoms with Crippen LogP contribution in [-0.4, -0.2) is 36.3 Å². The van der Waals surface area contributed by atoms with Crippen LogP contribution in [0.3, 0.4) is 0 Å². The molecule has 2 aliphatic rings. The van der Waals surface area contributed by atoms with Crippen molar-refractivity contribution in [1.29, 1.82) is 0 Å². The predicted octanol–water partition coefficient (Wildman–Crippen LogP) is 3.37. The molecule has 1 atom stereocenters. The summed E-state index contributed by atoms with van der Waals surface area (Å²) in [6, 6.07) is 16.6. The van der Waals surface area contributed by atoms with Gasteiger partial charge in [0.05, 0.1) is 6.54 Å². The maximum absolute atomic E-state index is 12.6. The molecule has 0 saturated carbocycles. The summed E-state index contributed by atoms with van der Waals surface area (Å²) in [5.41, 5.74) is 4.17. The molecule has 1 fully saturated rings. The normalized spacial score (nSPS) is 19.1. The molecule has 2 amide bonds. The summed E-state index contributed by atoms with van der Waals surface area (Å²) >= 11 is 0. The number of carbonyl (C=O) groups excluding carboxylic acids is 2. The number of hydrogen-bond donors (Lipinski definition) is 1. The molecule has 27 heavy (non-hydrogen) atoms. The summed E-state index contributed by atoms with van der Waals surface area (Å²) in [5.74, 6) is 0.0747. The number of fused-ring (bicyclic) bond motifs is 1. The number of rotatable bonds is 4. The van der Waals surface area contributed by atoms with Gasteiger partial charge in [0.2, 0.25) is 11.8 Å². The van der Waals surface area contributed by atoms with E-state index in [1.165, 1.54) is 5.56 Å². The van der Waals surface area contributed by atoms with Crippen molar-refractivity contribution in [1.82, 2.24) is 4.90 Å². The molecule has 1 saturated heterocycles. The number of benzene rings is 2. The van der Waals surface area contributed by atoms with Gasteiger partial charge in [-0.25, -0.2) is 0 Å². The van der Waals surface area contributed by atoms with Gasteiger partial charge in [-0.1, -0.05) is 30.3 Å². The zero-order valence-electron chi connectivity index (χ0n) is 15.6. The minimum atomic E-state index is 0.0132. The fourth-order valence-corrected chi connectivity index (χ4v) is 4.26. The highest BCUT2D eigenvalue weighted by Crippen LogP contribution is 2.32. The number of nitrogens with one attached hydrogen (secondary N) is 1. The molecule has 2 aromatic rings. The number of nitrogens with zero attached hydrogens (tertiary/aromatic N) is 2. The third-order valence-corrected chi connectivity index (χ3v) is 5.53. The van der Waals surface area contributed by atoms with Crippen molar-refractivity contribution in [2.75, 3.05) is 29.9 Å². The Hall–Kier alpha value is -2.66. The van der Waals surface area contributed by atoms with Gasteiger partial charge < -0.3 is 10.2 Å². The molecule has 0 bridgehead atoms. The summed E-state index contributed by atoms with van der Waals surface area (Å²) in [4.78, 5) is 28.3. The van der Waals surface area contributed by atoms with Crippen LogP contribution < -0.4 is 10.2 Å². The first-order valence-electron chi connectivity index (χ1n) is 9.62. The SMILES string of the molecule is CC(=O)N1CCc2cc(NC(=O)CN3CCC[C@@H]3c3ccccc3)ccc21. The number of hydrogen-bond acceptors (Lipinski definition) is 3. The first kappa shape index (κ1) is 17.7. The van der Waals surface area contributed by atoms with Crippen LogP contribution in [0.25, 0.3) is 0 Å². The molecule has 4 rings (SSSR count). The third kappa shape index (κ3) is 3.74. The molecule has 2 heterocycles. The second-order valence-corrected chi connectivity index (χ2v) is 7.35.